The largest absolute Gasteiger partial charge is 0.508 e. The van der Waals surface area contributed by atoms with Crippen LogP contribution in [0.25, 0.3) is 5.57 Å². The van der Waals surface area contributed by atoms with Crippen LogP contribution >= 0.6 is 0 Å². The maximum atomic E-state index is 10.0. The third kappa shape index (κ3) is 1.22. The summed E-state index contributed by atoms with van der Waals surface area (Å²) in [5, 5.41) is 10.0. The van der Waals surface area contributed by atoms with Gasteiger partial charge in [-0.3, -0.25) is 0 Å². The Kier molecular flexibility index (Phi) is 1.60. The van der Waals surface area contributed by atoms with Crippen molar-refractivity contribution >= 4 is 5.57 Å². The summed E-state index contributed by atoms with van der Waals surface area (Å²) < 4.78 is 0. The molecule has 2 aliphatic rings. The highest BCUT2D eigenvalue weighted by molar-refractivity contribution is 5.66. The lowest BCUT2D eigenvalue weighted by Gasteiger charge is -2.13. The van der Waals surface area contributed by atoms with Crippen LogP contribution in [-0.4, -0.2) is 5.11 Å². The van der Waals surface area contributed by atoms with Crippen molar-refractivity contribution in [1.29, 1.82) is 0 Å². The summed E-state index contributed by atoms with van der Waals surface area (Å²) in [5.41, 5.74) is 4.50. The molecule has 1 N–H and O–H groups in total. The summed E-state index contributed by atoms with van der Waals surface area (Å²) in [6.07, 6.45) is 1.38. The molecule has 2 saturated carbocycles. The minimum absolute atomic E-state index is 0.477. The minimum Gasteiger partial charge on any atom is -0.508 e. The predicted molar refractivity (Wildman–Crippen MR) is 61.9 cm³/mol. The number of benzene rings is 1. The van der Waals surface area contributed by atoms with E-state index in [-0.39, 0.29) is 0 Å². The average molecular weight is 200 g/mol. The van der Waals surface area contributed by atoms with E-state index >= 15 is 0 Å². The average Bonchev–Trinajstić information content (AvgIpc) is 2.98. The summed E-state index contributed by atoms with van der Waals surface area (Å²) in [4.78, 5) is 0. The Morgan fingerprint density at radius 3 is 2.47 bits per heavy atom. The number of hydrogen-bond donors (Lipinski definition) is 1. The summed E-state index contributed by atoms with van der Waals surface area (Å²) in [6, 6.07) is 4.01. The number of rotatable bonds is 2. The van der Waals surface area contributed by atoms with Crippen LogP contribution in [0.5, 0.6) is 5.75 Å². The number of aromatic hydroxyl groups is 1. The quantitative estimate of drug-likeness (QED) is 0.775. The van der Waals surface area contributed by atoms with Crippen LogP contribution in [-0.2, 0) is 0 Å². The molecule has 78 valence electrons. The van der Waals surface area contributed by atoms with Crippen LogP contribution in [0.15, 0.2) is 18.7 Å². The first-order valence-electron chi connectivity index (χ1n) is 5.59. The molecule has 0 spiro atoms. The topological polar surface area (TPSA) is 20.2 Å². The Morgan fingerprint density at radius 1 is 1.40 bits per heavy atom. The van der Waals surface area contributed by atoms with Crippen LogP contribution in [0.1, 0.15) is 36.0 Å². The third-order valence-electron chi connectivity index (χ3n) is 3.86. The fourth-order valence-corrected chi connectivity index (χ4v) is 2.67. The summed E-state index contributed by atoms with van der Waals surface area (Å²) in [6.45, 7) is 7.98. The fourth-order valence-electron chi connectivity index (χ4n) is 2.67. The second kappa shape index (κ2) is 2.66. The van der Waals surface area contributed by atoms with Crippen LogP contribution < -0.4 is 0 Å². The lowest BCUT2D eigenvalue weighted by Crippen LogP contribution is -1.95. The molecule has 1 heteroatoms. The van der Waals surface area contributed by atoms with E-state index in [0.29, 0.717) is 11.7 Å². The van der Waals surface area contributed by atoms with Gasteiger partial charge in [0, 0.05) is 5.56 Å². The molecule has 2 fully saturated rings. The van der Waals surface area contributed by atoms with Gasteiger partial charge in [-0.2, -0.15) is 0 Å². The standard InChI is InChI=1S/C14H16O/c1-7(2)9-4-8(3)13(12(15)5-9)14-10-6-11(10)14/h4-5,10-11,14-15H,1,6H2,2-3H3. The van der Waals surface area contributed by atoms with E-state index in [1.54, 1.807) is 0 Å². The van der Waals surface area contributed by atoms with Crippen molar-refractivity contribution in [2.24, 2.45) is 11.8 Å². The SMILES string of the molecule is C=C(C)c1cc(C)c(C2C3CC32)c(O)c1. The molecule has 2 unspecified atom stereocenters. The summed E-state index contributed by atoms with van der Waals surface area (Å²) in [5.74, 6) is 2.94. The van der Waals surface area contributed by atoms with E-state index in [4.69, 9.17) is 0 Å². The zero-order valence-corrected chi connectivity index (χ0v) is 9.25. The number of hydrogen-bond acceptors (Lipinski definition) is 1. The molecule has 2 atom stereocenters. The van der Waals surface area contributed by atoms with Crippen molar-refractivity contribution < 1.29 is 5.11 Å². The van der Waals surface area contributed by atoms with Gasteiger partial charge in [-0.25, -0.2) is 0 Å². The van der Waals surface area contributed by atoms with Crippen molar-refractivity contribution in [3.8, 4) is 5.75 Å². The zero-order chi connectivity index (χ0) is 10.7. The Labute approximate surface area is 90.4 Å². The second-order valence-corrected chi connectivity index (χ2v) is 5.10. The predicted octanol–water partition coefficient (Wildman–Crippen LogP) is 3.47. The normalized spacial score (nSPS) is 30.9. The highest BCUT2D eigenvalue weighted by Crippen LogP contribution is 2.74. The number of fused-ring (bicyclic) bond motifs is 1. The number of phenols is 1. The highest BCUT2D eigenvalue weighted by Gasteiger charge is 2.65. The second-order valence-electron chi connectivity index (χ2n) is 5.10. The first-order valence-corrected chi connectivity index (χ1v) is 5.59. The Morgan fingerprint density at radius 2 is 2.07 bits per heavy atom. The van der Waals surface area contributed by atoms with Gasteiger partial charge in [0.25, 0.3) is 0 Å². The Hall–Kier alpha value is -1.24. The van der Waals surface area contributed by atoms with Gasteiger partial charge in [0.05, 0.1) is 0 Å². The van der Waals surface area contributed by atoms with Gasteiger partial charge in [-0.05, 0) is 55.2 Å². The number of allylic oxidation sites excluding steroid dienone is 1. The molecule has 3 rings (SSSR count). The van der Waals surface area contributed by atoms with Gasteiger partial charge in [0.2, 0.25) is 0 Å². The Bertz CT molecular complexity index is 427. The molecule has 0 bridgehead atoms. The maximum absolute atomic E-state index is 10.0. The van der Waals surface area contributed by atoms with Crippen LogP contribution in [0.2, 0.25) is 0 Å². The van der Waals surface area contributed by atoms with E-state index in [1.807, 2.05) is 13.0 Å². The summed E-state index contributed by atoms with van der Waals surface area (Å²) >= 11 is 0. The van der Waals surface area contributed by atoms with Crippen molar-refractivity contribution in [3.05, 3.63) is 35.4 Å². The molecule has 0 radical (unpaired) electrons. The van der Waals surface area contributed by atoms with Crippen molar-refractivity contribution in [2.45, 2.75) is 26.2 Å². The van der Waals surface area contributed by atoms with Crippen molar-refractivity contribution in [3.63, 3.8) is 0 Å². The number of aryl methyl sites for hydroxylation is 1. The van der Waals surface area contributed by atoms with E-state index < -0.39 is 0 Å². The summed E-state index contributed by atoms with van der Waals surface area (Å²) in [7, 11) is 0. The van der Waals surface area contributed by atoms with Gasteiger partial charge >= 0.3 is 0 Å². The molecule has 0 aromatic heterocycles. The lowest BCUT2D eigenvalue weighted by atomic mass is 9.94. The van der Waals surface area contributed by atoms with Crippen LogP contribution in [0.3, 0.4) is 0 Å². The van der Waals surface area contributed by atoms with Gasteiger partial charge in [-0.1, -0.05) is 18.2 Å². The zero-order valence-electron chi connectivity index (χ0n) is 9.25. The number of phenolic OH excluding ortho intramolecular Hbond substituents is 1. The third-order valence-corrected chi connectivity index (χ3v) is 3.86. The van der Waals surface area contributed by atoms with E-state index in [0.717, 1.165) is 23.0 Å². The lowest BCUT2D eigenvalue weighted by molar-refractivity contribution is 0.463. The molecule has 1 aromatic carbocycles. The highest BCUT2D eigenvalue weighted by atomic mass is 16.3. The van der Waals surface area contributed by atoms with Gasteiger partial charge in [0.15, 0.2) is 0 Å². The molecule has 0 amide bonds. The first kappa shape index (κ1) is 9.02. The Balaban J connectivity index is 2.04. The van der Waals surface area contributed by atoms with E-state index in [2.05, 4.69) is 19.6 Å². The molecular formula is C14H16O. The molecule has 2 aliphatic carbocycles. The molecule has 15 heavy (non-hydrogen) atoms. The van der Waals surface area contributed by atoms with E-state index in [9.17, 15) is 5.11 Å². The van der Waals surface area contributed by atoms with Crippen molar-refractivity contribution in [1.82, 2.24) is 0 Å². The monoisotopic (exact) mass is 200 g/mol. The van der Waals surface area contributed by atoms with Crippen LogP contribution in [0, 0.1) is 18.8 Å². The first-order chi connectivity index (χ1) is 7.09. The molecular weight excluding hydrogens is 184 g/mol. The van der Waals surface area contributed by atoms with Crippen LogP contribution in [0.4, 0.5) is 0 Å². The van der Waals surface area contributed by atoms with E-state index in [1.165, 1.54) is 17.5 Å². The maximum Gasteiger partial charge on any atom is 0.119 e. The van der Waals surface area contributed by atoms with Gasteiger partial charge < -0.3 is 5.11 Å². The molecule has 0 heterocycles. The minimum atomic E-state index is 0.477. The molecule has 0 saturated heterocycles. The molecule has 0 aliphatic heterocycles. The van der Waals surface area contributed by atoms with Gasteiger partial charge in [0.1, 0.15) is 5.75 Å². The van der Waals surface area contributed by atoms with Crippen molar-refractivity contribution in [2.75, 3.05) is 0 Å². The fraction of sp³-hybridized carbons (Fsp3) is 0.429. The molecule has 1 aromatic rings. The smallest absolute Gasteiger partial charge is 0.119 e. The molecule has 1 nitrogen and oxygen atoms in total. The van der Waals surface area contributed by atoms with Gasteiger partial charge in [-0.15, -0.1) is 0 Å².